The molecule has 3 nitrogen and oxygen atoms in total. The molecule has 1 aromatic heterocycles. The maximum atomic E-state index is 12.7. The molecule has 0 aliphatic heterocycles. The Morgan fingerprint density at radius 3 is 2.62 bits per heavy atom. The third-order valence-corrected chi connectivity index (χ3v) is 6.95. The molecule has 0 radical (unpaired) electrons. The fraction of sp³-hybridized carbons (Fsp3) is 0.474. The molecule has 2 aromatic rings. The van der Waals surface area contributed by atoms with Crippen LogP contribution in [0.15, 0.2) is 43.0 Å². The first kappa shape index (κ1) is 21.7. The monoisotopic (exact) mass is 430 g/mol. The van der Waals surface area contributed by atoms with Gasteiger partial charge < -0.3 is 4.57 Å². The predicted molar refractivity (Wildman–Crippen MR) is 115 cm³/mol. The number of nitrogens with zero attached hydrogens (tertiary/aromatic N) is 2. The molecule has 0 amide bonds. The Labute approximate surface area is 175 Å². The molecule has 7 heteroatoms. The highest BCUT2D eigenvalue weighted by Crippen LogP contribution is 2.43. The second-order valence-electron chi connectivity index (χ2n) is 6.16. The lowest BCUT2D eigenvalue weighted by Crippen LogP contribution is -2.16. The zero-order chi connectivity index (χ0) is 18.9. The predicted octanol–water partition coefficient (Wildman–Crippen LogP) is 6.54. The number of unbranched alkanes of at least 4 members (excludes halogenated alkanes) is 3. The molecule has 0 aliphatic carbocycles. The zero-order valence-corrected chi connectivity index (χ0v) is 17.9. The minimum atomic E-state index is -0.437. The molecule has 3 atom stereocenters. The summed E-state index contributed by atoms with van der Waals surface area (Å²) in [6.07, 6.45) is 10.5. The fourth-order valence-electron chi connectivity index (χ4n) is 2.59. The minimum absolute atomic E-state index is 0.0514. The van der Waals surface area contributed by atoms with E-state index in [0.29, 0.717) is 5.02 Å². The average Bonchev–Trinajstić information content (AvgIpc) is 3.18. The molecule has 0 N–H and O–H groups in total. The van der Waals surface area contributed by atoms with Crippen molar-refractivity contribution in [3.05, 3.63) is 53.6 Å². The van der Waals surface area contributed by atoms with Crippen LogP contribution < -0.4 is 0 Å². The van der Waals surface area contributed by atoms with Gasteiger partial charge in [-0.2, -0.15) is 12.6 Å². The molecule has 0 fully saturated rings. The van der Waals surface area contributed by atoms with Crippen LogP contribution in [0.4, 0.5) is 0 Å². The molecular formula is C19H24Cl2N2OS2. The Morgan fingerprint density at radius 2 is 2.00 bits per heavy atom. The summed E-state index contributed by atoms with van der Waals surface area (Å²) in [5.41, 5.74) is 0.515. The van der Waals surface area contributed by atoms with Gasteiger partial charge in [0.1, 0.15) is 5.50 Å². The Morgan fingerprint density at radius 1 is 1.27 bits per heavy atom. The van der Waals surface area contributed by atoms with Crippen molar-refractivity contribution in [3.63, 3.8) is 0 Å². The van der Waals surface area contributed by atoms with Crippen LogP contribution in [-0.2, 0) is 4.79 Å². The number of carbonyl (C=O) groups is 1. The Kier molecular flexibility index (Phi) is 9.40. The first-order valence-electron chi connectivity index (χ1n) is 8.78. The van der Waals surface area contributed by atoms with Crippen molar-refractivity contribution in [2.75, 3.05) is 0 Å². The molecular weight excluding hydrogens is 407 g/mol. The van der Waals surface area contributed by atoms with Crippen LogP contribution in [0.1, 0.15) is 55.3 Å². The summed E-state index contributed by atoms with van der Waals surface area (Å²) < 4.78 is 1.80. The van der Waals surface area contributed by atoms with Crippen molar-refractivity contribution in [3.8, 4) is 0 Å². The van der Waals surface area contributed by atoms with Crippen LogP contribution in [0.25, 0.3) is 0 Å². The van der Waals surface area contributed by atoms with Gasteiger partial charge in [0.05, 0.1) is 16.8 Å². The first-order chi connectivity index (χ1) is 12.5. The summed E-state index contributed by atoms with van der Waals surface area (Å²) in [6, 6.07) is 7.45. The number of carbonyl (C=O) groups excluding carboxylic acids is 1. The smallest absolute Gasteiger partial charge is 0.202 e. The van der Waals surface area contributed by atoms with Gasteiger partial charge in [-0.3, -0.25) is 4.79 Å². The SMILES string of the molecule is CCCCCCC(S)C(=O)SC(c1ccc(Cl)cc1)C(Cl)n1ccnc1. The third kappa shape index (κ3) is 6.52. The Bertz CT molecular complexity index is 665. The van der Waals surface area contributed by atoms with E-state index < -0.39 is 5.50 Å². The lowest BCUT2D eigenvalue weighted by Gasteiger charge is -2.24. The van der Waals surface area contributed by atoms with E-state index in [0.717, 1.165) is 24.8 Å². The molecule has 0 saturated heterocycles. The van der Waals surface area contributed by atoms with Crippen molar-refractivity contribution in [2.45, 2.75) is 55.0 Å². The van der Waals surface area contributed by atoms with Gasteiger partial charge in [-0.1, -0.05) is 79.7 Å². The number of benzene rings is 1. The molecule has 3 unspecified atom stereocenters. The maximum Gasteiger partial charge on any atom is 0.202 e. The van der Waals surface area contributed by atoms with Gasteiger partial charge >= 0.3 is 0 Å². The van der Waals surface area contributed by atoms with E-state index in [9.17, 15) is 4.79 Å². The maximum absolute atomic E-state index is 12.7. The van der Waals surface area contributed by atoms with Crippen LogP contribution in [0.3, 0.4) is 0 Å². The number of halogens is 2. The number of thiol groups is 1. The van der Waals surface area contributed by atoms with Gasteiger partial charge in [-0.05, 0) is 24.1 Å². The number of hydrogen-bond donors (Lipinski definition) is 1. The molecule has 0 bridgehead atoms. The molecule has 0 aliphatic rings. The van der Waals surface area contributed by atoms with Gasteiger partial charge in [-0.15, -0.1) is 0 Å². The van der Waals surface area contributed by atoms with Crippen molar-refractivity contribution in [1.29, 1.82) is 0 Å². The van der Waals surface area contributed by atoms with Crippen molar-refractivity contribution in [2.24, 2.45) is 0 Å². The lowest BCUT2D eigenvalue weighted by atomic mass is 10.1. The number of aromatic nitrogens is 2. The molecule has 0 spiro atoms. The Hall–Kier alpha value is -0.620. The molecule has 1 heterocycles. The van der Waals surface area contributed by atoms with Crippen molar-refractivity contribution < 1.29 is 4.79 Å². The van der Waals surface area contributed by atoms with E-state index in [1.807, 2.05) is 24.3 Å². The minimum Gasteiger partial charge on any atom is -0.319 e. The van der Waals surface area contributed by atoms with E-state index in [1.165, 1.54) is 24.6 Å². The largest absolute Gasteiger partial charge is 0.319 e. The van der Waals surface area contributed by atoms with Crippen LogP contribution >= 0.6 is 47.6 Å². The molecule has 1 aromatic carbocycles. The van der Waals surface area contributed by atoms with Crippen LogP contribution in [0.2, 0.25) is 5.02 Å². The van der Waals surface area contributed by atoms with E-state index in [-0.39, 0.29) is 15.6 Å². The highest BCUT2D eigenvalue weighted by molar-refractivity contribution is 8.15. The number of rotatable bonds is 10. The van der Waals surface area contributed by atoms with Crippen molar-refractivity contribution in [1.82, 2.24) is 9.55 Å². The Balaban J connectivity index is 2.08. The quantitative estimate of drug-likeness (QED) is 0.263. The lowest BCUT2D eigenvalue weighted by molar-refractivity contribution is -0.110. The van der Waals surface area contributed by atoms with Gasteiger partial charge in [0.2, 0.25) is 5.12 Å². The number of hydrogen-bond acceptors (Lipinski definition) is 4. The number of imidazole rings is 1. The van der Waals surface area contributed by atoms with Crippen LogP contribution in [0, 0.1) is 0 Å². The van der Waals surface area contributed by atoms with Crippen LogP contribution in [0.5, 0.6) is 0 Å². The molecule has 142 valence electrons. The van der Waals surface area contributed by atoms with Gasteiger partial charge in [0.25, 0.3) is 0 Å². The van der Waals surface area contributed by atoms with Gasteiger partial charge in [0, 0.05) is 17.4 Å². The highest BCUT2D eigenvalue weighted by atomic mass is 35.5. The number of thioether (sulfide) groups is 1. The molecule has 26 heavy (non-hydrogen) atoms. The molecule has 2 rings (SSSR count). The van der Waals surface area contributed by atoms with Crippen molar-refractivity contribution >= 4 is 52.7 Å². The zero-order valence-electron chi connectivity index (χ0n) is 14.7. The number of alkyl halides is 1. The fourth-order valence-corrected chi connectivity index (χ4v) is 4.57. The van der Waals surface area contributed by atoms with Gasteiger partial charge in [0.15, 0.2) is 0 Å². The topological polar surface area (TPSA) is 34.9 Å². The summed E-state index contributed by atoms with van der Waals surface area (Å²) in [7, 11) is 0. The van der Waals surface area contributed by atoms with E-state index >= 15 is 0 Å². The van der Waals surface area contributed by atoms with Crippen LogP contribution in [-0.4, -0.2) is 19.9 Å². The summed E-state index contributed by atoms with van der Waals surface area (Å²) in [6.45, 7) is 2.17. The van der Waals surface area contributed by atoms with E-state index in [2.05, 4.69) is 24.5 Å². The highest BCUT2D eigenvalue weighted by Gasteiger charge is 2.28. The first-order valence-corrected chi connectivity index (χ1v) is 11.0. The van der Waals surface area contributed by atoms with E-state index in [4.69, 9.17) is 23.2 Å². The second-order valence-corrected chi connectivity index (χ2v) is 8.81. The normalized spacial score (nSPS) is 14.8. The third-order valence-electron chi connectivity index (χ3n) is 4.10. The van der Waals surface area contributed by atoms with E-state index in [1.54, 1.807) is 23.3 Å². The average molecular weight is 431 g/mol. The summed E-state index contributed by atoms with van der Waals surface area (Å²) in [5, 5.41) is 0.176. The summed E-state index contributed by atoms with van der Waals surface area (Å²) >= 11 is 18.4. The standard InChI is InChI=1S/C19H24Cl2N2OS2/c1-2-3-4-5-6-16(25)19(24)26-17(14-7-9-15(20)10-8-14)18(21)23-12-11-22-13-23/h7-13,16-18,25H,2-6H2,1H3. The second kappa shape index (κ2) is 11.3. The molecule has 0 saturated carbocycles. The summed E-state index contributed by atoms with van der Waals surface area (Å²) in [5.74, 6) is 0. The summed E-state index contributed by atoms with van der Waals surface area (Å²) in [4.78, 5) is 16.8. The van der Waals surface area contributed by atoms with Gasteiger partial charge in [-0.25, -0.2) is 4.98 Å².